The van der Waals surface area contributed by atoms with Crippen LogP contribution in [-0.2, 0) is 0 Å². The highest BCUT2D eigenvalue weighted by Crippen LogP contribution is 2.42. The molecule has 88 valence electrons. The van der Waals surface area contributed by atoms with Gasteiger partial charge in [0.1, 0.15) is 17.2 Å². The second-order valence-corrected chi connectivity index (χ2v) is 4.08. The van der Waals surface area contributed by atoms with Gasteiger partial charge in [-0.25, -0.2) is 0 Å². The van der Waals surface area contributed by atoms with Crippen LogP contribution in [0.5, 0.6) is 17.2 Å². The molecule has 0 saturated heterocycles. The Morgan fingerprint density at radius 2 is 1.53 bits per heavy atom. The summed E-state index contributed by atoms with van der Waals surface area (Å²) >= 11 is 0. The minimum Gasteiger partial charge on any atom is -0.508 e. The van der Waals surface area contributed by atoms with Gasteiger partial charge in [-0.1, -0.05) is 18.2 Å². The summed E-state index contributed by atoms with van der Waals surface area (Å²) in [6, 6.07) is 8.24. The highest BCUT2D eigenvalue weighted by molar-refractivity contribution is 5.81. The average molecular weight is 230 g/mol. The third kappa shape index (κ3) is 1.80. The Labute approximate surface area is 99.6 Å². The first-order valence-corrected chi connectivity index (χ1v) is 5.33. The van der Waals surface area contributed by atoms with E-state index in [-0.39, 0.29) is 17.2 Å². The molecule has 0 aliphatic heterocycles. The maximum absolute atomic E-state index is 10.1. The lowest BCUT2D eigenvalue weighted by Gasteiger charge is -2.13. The zero-order chi connectivity index (χ0) is 12.6. The number of aromatic hydroxyl groups is 3. The van der Waals surface area contributed by atoms with Crippen molar-refractivity contribution in [1.29, 1.82) is 0 Å². The van der Waals surface area contributed by atoms with Gasteiger partial charge in [0.2, 0.25) is 0 Å². The lowest BCUT2D eigenvalue weighted by molar-refractivity contribution is 0.453. The highest BCUT2D eigenvalue weighted by Gasteiger charge is 2.16. The number of aryl methyl sites for hydroxylation is 1. The van der Waals surface area contributed by atoms with Gasteiger partial charge in [-0.3, -0.25) is 0 Å². The first-order chi connectivity index (χ1) is 8.02. The van der Waals surface area contributed by atoms with E-state index in [9.17, 15) is 15.3 Å². The Kier molecular flexibility index (Phi) is 2.68. The summed E-state index contributed by atoms with van der Waals surface area (Å²) in [5.74, 6) is 0.274. The largest absolute Gasteiger partial charge is 0.508 e. The van der Waals surface area contributed by atoms with E-state index in [1.54, 1.807) is 38.1 Å². The van der Waals surface area contributed by atoms with Crippen LogP contribution in [0.4, 0.5) is 0 Å². The molecule has 0 aliphatic carbocycles. The van der Waals surface area contributed by atoms with Crippen molar-refractivity contribution in [3.63, 3.8) is 0 Å². The van der Waals surface area contributed by atoms with Gasteiger partial charge in [0.15, 0.2) is 0 Å². The SMILES string of the molecule is Cc1cc(O)c(C)c(-c2ccccc2O)c1O. The molecule has 3 N–H and O–H groups in total. The Morgan fingerprint density at radius 3 is 2.18 bits per heavy atom. The molecule has 0 bridgehead atoms. The summed E-state index contributed by atoms with van der Waals surface area (Å²) in [5.41, 5.74) is 2.11. The Bertz CT molecular complexity index is 548. The van der Waals surface area contributed by atoms with Crippen LogP contribution in [0, 0.1) is 13.8 Å². The summed E-state index contributed by atoms with van der Waals surface area (Å²) in [6.45, 7) is 3.41. The number of phenols is 3. The number of hydrogen-bond acceptors (Lipinski definition) is 3. The fourth-order valence-corrected chi connectivity index (χ4v) is 1.90. The summed E-state index contributed by atoms with van der Waals surface area (Å²) < 4.78 is 0. The molecule has 2 aromatic carbocycles. The lowest BCUT2D eigenvalue weighted by atomic mass is 9.95. The molecule has 2 rings (SSSR count). The Hall–Kier alpha value is -2.16. The minimum absolute atomic E-state index is 0.0795. The molecule has 2 aromatic rings. The summed E-state index contributed by atoms with van der Waals surface area (Å²) in [7, 11) is 0. The zero-order valence-electron chi connectivity index (χ0n) is 9.73. The van der Waals surface area contributed by atoms with Crippen molar-refractivity contribution in [2.45, 2.75) is 13.8 Å². The first-order valence-electron chi connectivity index (χ1n) is 5.33. The number of benzene rings is 2. The number of rotatable bonds is 1. The topological polar surface area (TPSA) is 60.7 Å². The first kappa shape index (κ1) is 11.3. The second-order valence-electron chi connectivity index (χ2n) is 4.08. The van der Waals surface area contributed by atoms with Gasteiger partial charge >= 0.3 is 0 Å². The zero-order valence-corrected chi connectivity index (χ0v) is 9.73. The molecule has 0 spiro atoms. The van der Waals surface area contributed by atoms with E-state index >= 15 is 0 Å². The number of para-hydroxylation sites is 1. The Balaban J connectivity index is 2.80. The van der Waals surface area contributed by atoms with Crippen LogP contribution < -0.4 is 0 Å². The molecule has 0 unspecified atom stereocenters. The van der Waals surface area contributed by atoms with Crippen LogP contribution in [0.15, 0.2) is 30.3 Å². The maximum atomic E-state index is 10.1. The fraction of sp³-hybridized carbons (Fsp3) is 0.143. The van der Waals surface area contributed by atoms with Crippen molar-refractivity contribution >= 4 is 0 Å². The molecule has 0 heterocycles. The predicted molar refractivity (Wildman–Crippen MR) is 66.3 cm³/mol. The van der Waals surface area contributed by atoms with Gasteiger partial charge in [0.25, 0.3) is 0 Å². The molecular formula is C14H14O3. The molecule has 0 saturated carbocycles. The molecule has 17 heavy (non-hydrogen) atoms. The summed E-state index contributed by atoms with van der Waals surface area (Å²) in [6.07, 6.45) is 0. The van der Waals surface area contributed by atoms with Crippen molar-refractivity contribution < 1.29 is 15.3 Å². The van der Waals surface area contributed by atoms with E-state index in [4.69, 9.17) is 0 Å². The molecule has 0 atom stereocenters. The molecule has 0 aliphatic rings. The molecule has 0 radical (unpaired) electrons. The smallest absolute Gasteiger partial charge is 0.126 e. The van der Waals surface area contributed by atoms with Gasteiger partial charge in [-0.15, -0.1) is 0 Å². The van der Waals surface area contributed by atoms with Crippen LogP contribution >= 0.6 is 0 Å². The van der Waals surface area contributed by atoms with Crippen LogP contribution in [0.1, 0.15) is 11.1 Å². The molecular weight excluding hydrogens is 216 g/mol. The van der Waals surface area contributed by atoms with Crippen molar-refractivity contribution in [2.24, 2.45) is 0 Å². The van der Waals surface area contributed by atoms with Crippen LogP contribution in [-0.4, -0.2) is 15.3 Å². The number of phenolic OH excluding ortho intramolecular Hbond substituents is 3. The maximum Gasteiger partial charge on any atom is 0.126 e. The standard InChI is InChI=1S/C14H14O3/c1-8-7-12(16)9(2)13(14(8)17)10-5-3-4-6-11(10)15/h3-7,15-17H,1-2H3. The van der Waals surface area contributed by atoms with Crippen LogP contribution in [0.3, 0.4) is 0 Å². The molecule has 0 amide bonds. The highest BCUT2D eigenvalue weighted by atomic mass is 16.3. The van der Waals surface area contributed by atoms with Gasteiger partial charge in [0, 0.05) is 16.7 Å². The quantitative estimate of drug-likeness (QED) is 0.660. The predicted octanol–water partition coefficient (Wildman–Crippen LogP) is 3.09. The monoisotopic (exact) mass is 230 g/mol. The van der Waals surface area contributed by atoms with Crippen LogP contribution in [0.25, 0.3) is 11.1 Å². The van der Waals surface area contributed by atoms with Crippen molar-refractivity contribution in [3.05, 3.63) is 41.5 Å². The third-order valence-electron chi connectivity index (χ3n) is 2.90. The summed E-state index contributed by atoms with van der Waals surface area (Å²) in [5, 5.41) is 29.6. The number of hydrogen-bond donors (Lipinski definition) is 3. The van der Waals surface area contributed by atoms with E-state index in [0.717, 1.165) is 0 Å². The lowest BCUT2D eigenvalue weighted by Crippen LogP contribution is -1.89. The molecule has 3 heteroatoms. The normalized spacial score (nSPS) is 10.5. The van der Waals surface area contributed by atoms with Crippen LogP contribution in [0.2, 0.25) is 0 Å². The van der Waals surface area contributed by atoms with E-state index < -0.39 is 0 Å². The molecule has 0 fully saturated rings. The van der Waals surface area contributed by atoms with E-state index in [1.165, 1.54) is 6.07 Å². The van der Waals surface area contributed by atoms with Crippen molar-refractivity contribution in [2.75, 3.05) is 0 Å². The second kappa shape index (κ2) is 4.01. The Morgan fingerprint density at radius 1 is 0.882 bits per heavy atom. The summed E-state index contributed by atoms with van der Waals surface area (Å²) in [4.78, 5) is 0. The van der Waals surface area contributed by atoms with E-state index in [0.29, 0.717) is 22.3 Å². The average Bonchev–Trinajstić information content (AvgIpc) is 2.29. The van der Waals surface area contributed by atoms with Crippen molar-refractivity contribution in [1.82, 2.24) is 0 Å². The van der Waals surface area contributed by atoms with Gasteiger partial charge in [-0.05, 0) is 31.5 Å². The van der Waals surface area contributed by atoms with Crippen molar-refractivity contribution in [3.8, 4) is 28.4 Å². The molecule has 3 nitrogen and oxygen atoms in total. The minimum atomic E-state index is 0.0795. The van der Waals surface area contributed by atoms with E-state index in [2.05, 4.69) is 0 Å². The van der Waals surface area contributed by atoms with Gasteiger partial charge in [0.05, 0.1) is 0 Å². The fourth-order valence-electron chi connectivity index (χ4n) is 1.90. The van der Waals surface area contributed by atoms with E-state index in [1.807, 2.05) is 0 Å². The van der Waals surface area contributed by atoms with Gasteiger partial charge in [-0.2, -0.15) is 0 Å². The van der Waals surface area contributed by atoms with Gasteiger partial charge < -0.3 is 15.3 Å². The molecule has 0 aromatic heterocycles. The third-order valence-corrected chi connectivity index (χ3v) is 2.90.